The van der Waals surface area contributed by atoms with Crippen LogP contribution in [0, 0.1) is 17.4 Å². The lowest BCUT2D eigenvalue weighted by Crippen LogP contribution is -2.46. The van der Waals surface area contributed by atoms with E-state index in [9.17, 15) is 0 Å². The maximum atomic E-state index is 8.43. The third kappa shape index (κ3) is 2.09. The van der Waals surface area contributed by atoms with Crippen LogP contribution in [0.15, 0.2) is 0 Å². The number of nitrogens with one attached hydrogen (secondary N) is 1. The minimum atomic E-state index is 0.267. The highest BCUT2D eigenvalue weighted by Gasteiger charge is 2.22. The van der Waals surface area contributed by atoms with E-state index in [2.05, 4.69) is 24.2 Å². The van der Waals surface area contributed by atoms with Gasteiger partial charge in [-0.05, 0) is 25.8 Å². The van der Waals surface area contributed by atoms with Crippen molar-refractivity contribution in [2.45, 2.75) is 25.9 Å². The molecule has 2 atom stereocenters. The van der Waals surface area contributed by atoms with Gasteiger partial charge in [-0.15, -0.1) is 0 Å². The van der Waals surface area contributed by atoms with Gasteiger partial charge in [0.1, 0.15) is 0 Å². The van der Waals surface area contributed by atoms with Crippen LogP contribution in [-0.2, 0) is 0 Å². The molecule has 0 amide bonds. The summed E-state index contributed by atoms with van der Waals surface area (Å²) in [6.07, 6.45) is 4.60. The van der Waals surface area contributed by atoms with Crippen molar-refractivity contribution in [3.63, 3.8) is 0 Å². The van der Waals surface area contributed by atoms with E-state index in [-0.39, 0.29) is 6.17 Å². The summed E-state index contributed by atoms with van der Waals surface area (Å²) < 4.78 is 0. The molecule has 2 unspecified atom stereocenters. The molecular formula is C8H15N3. The van der Waals surface area contributed by atoms with Crippen LogP contribution in [-0.4, -0.2) is 24.7 Å². The predicted molar refractivity (Wildman–Crippen MR) is 43.6 cm³/mol. The van der Waals surface area contributed by atoms with Gasteiger partial charge in [-0.1, -0.05) is 6.92 Å². The average molecular weight is 153 g/mol. The molecule has 1 N–H and O–H groups in total. The van der Waals surface area contributed by atoms with E-state index in [1.165, 1.54) is 6.42 Å². The monoisotopic (exact) mass is 153 g/mol. The van der Waals surface area contributed by atoms with Gasteiger partial charge in [0.15, 0.2) is 6.19 Å². The lowest BCUT2D eigenvalue weighted by molar-refractivity contribution is 0.135. The molecule has 0 aromatic heterocycles. The molecule has 0 aromatic rings. The SMILES string of the molecule is CC1CCN(C)C(NC#N)C1. The Morgan fingerprint density at radius 3 is 3.00 bits per heavy atom. The lowest BCUT2D eigenvalue weighted by Gasteiger charge is -2.34. The number of hydrogen-bond donors (Lipinski definition) is 1. The van der Waals surface area contributed by atoms with E-state index in [0.29, 0.717) is 0 Å². The summed E-state index contributed by atoms with van der Waals surface area (Å²) in [6.45, 7) is 3.33. The van der Waals surface area contributed by atoms with Crippen LogP contribution in [0.3, 0.4) is 0 Å². The van der Waals surface area contributed by atoms with E-state index in [4.69, 9.17) is 5.26 Å². The van der Waals surface area contributed by atoms with Gasteiger partial charge < -0.3 is 5.32 Å². The Hall–Kier alpha value is -0.750. The molecule has 3 heteroatoms. The fourth-order valence-corrected chi connectivity index (χ4v) is 1.50. The molecule has 1 heterocycles. The first-order valence-corrected chi connectivity index (χ1v) is 4.09. The van der Waals surface area contributed by atoms with Gasteiger partial charge in [-0.2, -0.15) is 5.26 Å². The van der Waals surface area contributed by atoms with E-state index >= 15 is 0 Å². The predicted octanol–water partition coefficient (Wildman–Crippen LogP) is 0.745. The fourth-order valence-electron chi connectivity index (χ4n) is 1.50. The summed E-state index contributed by atoms with van der Waals surface area (Å²) >= 11 is 0. The topological polar surface area (TPSA) is 39.1 Å². The molecule has 0 spiro atoms. The molecule has 0 aliphatic carbocycles. The minimum Gasteiger partial charge on any atom is -0.307 e. The van der Waals surface area contributed by atoms with Crippen LogP contribution in [0.25, 0.3) is 0 Å². The first kappa shape index (κ1) is 8.35. The smallest absolute Gasteiger partial charge is 0.177 e. The molecule has 0 radical (unpaired) electrons. The van der Waals surface area contributed by atoms with E-state index < -0.39 is 0 Å². The zero-order valence-corrected chi connectivity index (χ0v) is 7.17. The maximum absolute atomic E-state index is 8.43. The third-order valence-electron chi connectivity index (χ3n) is 2.36. The molecule has 62 valence electrons. The Morgan fingerprint density at radius 1 is 1.64 bits per heavy atom. The van der Waals surface area contributed by atoms with Crippen LogP contribution in [0.5, 0.6) is 0 Å². The molecule has 1 aliphatic heterocycles. The van der Waals surface area contributed by atoms with Crippen molar-refractivity contribution in [1.29, 1.82) is 5.26 Å². The van der Waals surface area contributed by atoms with Gasteiger partial charge in [0, 0.05) is 6.54 Å². The summed E-state index contributed by atoms with van der Waals surface area (Å²) in [7, 11) is 2.06. The largest absolute Gasteiger partial charge is 0.307 e. The van der Waals surface area contributed by atoms with Crippen molar-refractivity contribution in [2.75, 3.05) is 13.6 Å². The van der Waals surface area contributed by atoms with E-state index in [1.807, 2.05) is 6.19 Å². The second kappa shape index (κ2) is 3.59. The van der Waals surface area contributed by atoms with Gasteiger partial charge in [-0.25, -0.2) is 0 Å². The lowest BCUT2D eigenvalue weighted by atomic mass is 9.97. The van der Waals surface area contributed by atoms with Crippen LogP contribution >= 0.6 is 0 Å². The van der Waals surface area contributed by atoms with Crippen LogP contribution in [0.4, 0.5) is 0 Å². The Balaban J connectivity index is 2.42. The molecule has 1 aliphatic rings. The molecule has 1 rings (SSSR count). The summed E-state index contributed by atoms with van der Waals surface area (Å²) in [6, 6.07) is 0. The van der Waals surface area contributed by atoms with E-state index in [1.54, 1.807) is 0 Å². The molecule has 3 nitrogen and oxygen atoms in total. The first-order valence-electron chi connectivity index (χ1n) is 4.09. The molecule has 1 saturated heterocycles. The van der Waals surface area contributed by atoms with Crippen LogP contribution in [0.1, 0.15) is 19.8 Å². The highest BCUT2D eigenvalue weighted by atomic mass is 15.2. The fraction of sp³-hybridized carbons (Fsp3) is 0.875. The highest BCUT2D eigenvalue weighted by molar-refractivity contribution is 4.81. The zero-order chi connectivity index (χ0) is 8.27. The van der Waals surface area contributed by atoms with Gasteiger partial charge >= 0.3 is 0 Å². The van der Waals surface area contributed by atoms with Crippen molar-refractivity contribution in [1.82, 2.24) is 10.2 Å². The minimum absolute atomic E-state index is 0.267. The molecule has 11 heavy (non-hydrogen) atoms. The van der Waals surface area contributed by atoms with Crippen molar-refractivity contribution in [3.8, 4) is 6.19 Å². The zero-order valence-electron chi connectivity index (χ0n) is 7.17. The van der Waals surface area contributed by atoms with Crippen molar-refractivity contribution in [3.05, 3.63) is 0 Å². The summed E-state index contributed by atoms with van der Waals surface area (Å²) in [5.74, 6) is 0.747. The summed E-state index contributed by atoms with van der Waals surface area (Å²) in [5, 5.41) is 11.2. The number of nitriles is 1. The van der Waals surface area contributed by atoms with Crippen molar-refractivity contribution in [2.24, 2.45) is 5.92 Å². The molecule has 0 saturated carbocycles. The molecule has 1 fully saturated rings. The standard InChI is InChI=1S/C8H15N3/c1-7-3-4-11(2)8(5-7)10-6-9/h7-8,10H,3-5H2,1-2H3. The molecule has 0 aromatic carbocycles. The summed E-state index contributed by atoms with van der Waals surface area (Å²) in [4.78, 5) is 2.20. The Bertz CT molecular complexity index is 161. The Kier molecular flexibility index (Phi) is 2.72. The Morgan fingerprint density at radius 2 is 2.36 bits per heavy atom. The van der Waals surface area contributed by atoms with Gasteiger partial charge in [0.2, 0.25) is 0 Å². The van der Waals surface area contributed by atoms with Gasteiger partial charge in [-0.3, -0.25) is 4.90 Å². The number of hydrogen-bond acceptors (Lipinski definition) is 3. The number of rotatable bonds is 1. The second-order valence-electron chi connectivity index (χ2n) is 3.38. The van der Waals surface area contributed by atoms with Crippen LogP contribution < -0.4 is 5.32 Å². The normalized spacial score (nSPS) is 32.8. The second-order valence-corrected chi connectivity index (χ2v) is 3.38. The maximum Gasteiger partial charge on any atom is 0.177 e. The number of nitrogens with zero attached hydrogens (tertiary/aromatic N) is 2. The first-order chi connectivity index (χ1) is 5.24. The highest BCUT2D eigenvalue weighted by Crippen LogP contribution is 2.18. The van der Waals surface area contributed by atoms with Crippen LogP contribution in [0.2, 0.25) is 0 Å². The van der Waals surface area contributed by atoms with Crippen molar-refractivity contribution < 1.29 is 0 Å². The molecule has 0 bridgehead atoms. The third-order valence-corrected chi connectivity index (χ3v) is 2.36. The Labute approximate surface area is 68.0 Å². The number of piperidine rings is 1. The van der Waals surface area contributed by atoms with E-state index in [0.717, 1.165) is 18.9 Å². The molecular weight excluding hydrogens is 138 g/mol. The van der Waals surface area contributed by atoms with Gasteiger partial charge in [0.25, 0.3) is 0 Å². The number of likely N-dealkylation sites (tertiary alicyclic amines) is 1. The van der Waals surface area contributed by atoms with Gasteiger partial charge in [0.05, 0.1) is 6.17 Å². The van der Waals surface area contributed by atoms with Crippen molar-refractivity contribution >= 4 is 0 Å². The quantitative estimate of drug-likeness (QED) is 0.446. The average Bonchev–Trinajstić information content (AvgIpc) is 1.98. The summed E-state index contributed by atoms with van der Waals surface area (Å²) in [5.41, 5.74) is 0.